The van der Waals surface area contributed by atoms with Gasteiger partial charge in [0.25, 0.3) is 5.56 Å². The second-order valence-corrected chi connectivity index (χ2v) is 12.2. The number of nitrogens with zero attached hydrogens (tertiary/aromatic N) is 3. The zero-order valence-electron chi connectivity index (χ0n) is 24.1. The van der Waals surface area contributed by atoms with E-state index >= 15 is 0 Å². The molecule has 44 heavy (non-hydrogen) atoms. The predicted octanol–water partition coefficient (Wildman–Crippen LogP) is 6.20. The predicted molar refractivity (Wildman–Crippen MR) is 175 cm³/mol. The van der Waals surface area contributed by atoms with E-state index in [1.165, 1.54) is 18.3 Å². The topological polar surface area (TPSA) is 93.7 Å². The Kier molecular flexibility index (Phi) is 8.04. The van der Waals surface area contributed by atoms with Gasteiger partial charge in [-0.2, -0.15) is 5.26 Å². The van der Waals surface area contributed by atoms with E-state index in [1.807, 2.05) is 85.8 Å². The van der Waals surface area contributed by atoms with Gasteiger partial charge in [0.2, 0.25) is 0 Å². The van der Waals surface area contributed by atoms with E-state index in [9.17, 15) is 14.9 Å². The van der Waals surface area contributed by atoms with Crippen LogP contribution in [0.5, 0.6) is 11.5 Å². The van der Waals surface area contributed by atoms with Crippen molar-refractivity contribution < 1.29 is 14.3 Å². The molecule has 1 aliphatic heterocycles. The fourth-order valence-corrected chi connectivity index (χ4v) is 7.12. The standard InChI is InChI=1S/C35H26BrN3O4S/c1-20-31(21(2)40)33(32-26-11-7-6-8-23(26)13-15-29(32)42-3)39-34(41)30(44-35(39)38-20)17-22-12-14-28(27(36)16-22)43-19-25-10-5-4-9-24(25)18-37/h4-17,33H,19H2,1-3H3/t33-/m0/s1. The Bertz CT molecular complexity index is 2230. The molecule has 0 unspecified atom stereocenters. The van der Waals surface area contributed by atoms with Gasteiger partial charge in [0.1, 0.15) is 18.1 Å². The Morgan fingerprint density at radius 3 is 2.59 bits per heavy atom. The summed E-state index contributed by atoms with van der Waals surface area (Å²) < 4.78 is 14.6. The van der Waals surface area contributed by atoms with Gasteiger partial charge in [0.05, 0.1) is 33.8 Å². The molecular weight excluding hydrogens is 638 g/mol. The van der Waals surface area contributed by atoms with Gasteiger partial charge in [0.15, 0.2) is 10.6 Å². The molecule has 0 saturated heterocycles. The summed E-state index contributed by atoms with van der Waals surface area (Å²) >= 11 is 4.87. The third kappa shape index (κ3) is 5.27. The van der Waals surface area contributed by atoms with Crippen molar-refractivity contribution in [2.75, 3.05) is 7.11 Å². The molecule has 1 aliphatic rings. The highest BCUT2D eigenvalue weighted by Crippen LogP contribution is 2.40. The maximum Gasteiger partial charge on any atom is 0.271 e. The molecule has 0 fully saturated rings. The number of Topliss-reactive ketones (excluding diaryl/α,β-unsaturated/α-hetero) is 1. The Labute approximate surface area is 265 Å². The minimum absolute atomic E-state index is 0.155. The molecule has 9 heteroatoms. The third-order valence-electron chi connectivity index (χ3n) is 7.60. The average molecular weight is 665 g/mol. The van der Waals surface area contributed by atoms with Gasteiger partial charge in [-0.15, -0.1) is 0 Å². The molecule has 1 aromatic heterocycles. The van der Waals surface area contributed by atoms with Crippen molar-refractivity contribution in [2.45, 2.75) is 26.5 Å². The maximum atomic E-state index is 14.1. The molecule has 2 heterocycles. The zero-order chi connectivity index (χ0) is 31.0. The molecule has 0 N–H and O–H groups in total. The largest absolute Gasteiger partial charge is 0.496 e. The number of benzene rings is 4. The van der Waals surface area contributed by atoms with Crippen molar-refractivity contribution in [2.24, 2.45) is 4.99 Å². The minimum Gasteiger partial charge on any atom is -0.496 e. The van der Waals surface area contributed by atoms with Crippen molar-refractivity contribution >= 4 is 49.9 Å². The molecule has 7 nitrogen and oxygen atoms in total. The quantitative estimate of drug-likeness (QED) is 0.207. The Morgan fingerprint density at radius 1 is 1.09 bits per heavy atom. The zero-order valence-corrected chi connectivity index (χ0v) is 26.5. The lowest BCUT2D eigenvalue weighted by Gasteiger charge is -2.27. The van der Waals surface area contributed by atoms with Crippen molar-refractivity contribution in [1.29, 1.82) is 5.26 Å². The van der Waals surface area contributed by atoms with Crippen LogP contribution < -0.4 is 24.4 Å². The maximum absolute atomic E-state index is 14.1. The number of carbonyl (C=O) groups is 1. The van der Waals surface area contributed by atoms with Gasteiger partial charge in [0, 0.05) is 22.4 Å². The summed E-state index contributed by atoms with van der Waals surface area (Å²) in [6.07, 6.45) is 1.81. The Balaban J connectivity index is 1.44. The molecule has 4 aromatic carbocycles. The van der Waals surface area contributed by atoms with Crippen molar-refractivity contribution in [3.63, 3.8) is 0 Å². The number of hydrogen-bond donors (Lipinski definition) is 0. The first-order valence-electron chi connectivity index (χ1n) is 13.8. The first-order valence-corrected chi connectivity index (χ1v) is 15.4. The van der Waals surface area contributed by atoms with Crippen LogP contribution in [0.3, 0.4) is 0 Å². The number of allylic oxidation sites excluding steroid dienone is 2. The van der Waals surface area contributed by atoms with Crippen LogP contribution in [0, 0.1) is 11.3 Å². The number of thiazole rings is 1. The first kappa shape index (κ1) is 29.3. The summed E-state index contributed by atoms with van der Waals surface area (Å²) in [7, 11) is 1.59. The number of halogens is 1. The molecule has 6 rings (SSSR count). The fourth-order valence-electron chi connectivity index (χ4n) is 5.57. The summed E-state index contributed by atoms with van der Waals surface area (Å²) in [5.74, 6) is 1.05. The van der Waals surface area contributed by atoms with E-state index in [2.05, 4.69) is 22.0 Å². The number of ether oxygens (including phenoxy) is 2. The van der Waals surface area contributed by atoms with E-state index in [4.69, 9.17) is 14.5 Å². The molecule has 0 radical (unpaired) electrons. The smallest absolute Gasteiger partial charge is 0.271 e. The lowest BCUT2D eigenvalue weighted by Crippen LogP contribution is -2.39. The highest BCUT2D eigenvalue weighted by atomic mass is 79.9. The Hall–Kier alpha value is -4.78. The molecule has 218 valence electrons. The highest BCUT2D eigenvalue weighted by Gasteiger charge is 2.33. The van der Waals surface area contributed by atoms with E-state index in [1.54, 1.807) is 17.7 Å². The van der Waals surface area contributed by atoms with Crippen LogP contribution in [0.25, 0.3) is 16.8 Å². The number of methoxy groups -OCH3 is 1. The molecule has 0 amide bonds. The lowest BCUT2D eigenvalue weighted by atomic mass is 9.89. The van der Waals surface area contributed by atoms with Gasteiger partial charge in [-0.05, 0) is 76.5 Å². The molecule has 0 aliphatic carbocycles. The highest BCUT2D eigenvalue weighted by molar-refractivity contribution is 9.10. The van der Waals surface area contributed by atoms with Crippen LogP contribution in [0.2, 0.25) is 0 Å². The summed E-state index contributed by atoms with van der Waals surface area (Å²) in [4.78, 5) is 32.4. The molecule has 0 spiro atoms. The van der Waals surface area contributed by atoms with Crippen LogP contribution in [0.4, 0.5) is 0 Å². The number of rotatable bonds is 7. The number of carbonyl (C=O) groups excluding carboxylic acids is 1. The summed E-state index contributed by atoms with van der Waals surface area (Å²) in [5.41, 5.74) is 3.69. The van der Waals surface area contributed by atoms with Gasteiger partial charge in [-0.25, -0.2) is 4.99 Å². The number of aromatic nitrogens is 1. The van der Waals surface area contributed by atoms with Crippen LogP contribution in [0.1, 0.15) is 42.1 Å². The second-order valence-electron chi connectivity index (χ2n) is 10.3. The van der Waals surface area contributed by atoms with Gasteiger partial charge >= 0.3 is 0 Å². The van der Waals surface area contributed by atoms with Crippen LogP contribution in [-0.2, 0) is 11.4 Å². The van der Waals surface area contributed by atoms with E-state index in [-0.39, 0.29) is 17.9 Å². The van der Waals surface area contributed by atoms with Crippen molar-refractivity contribution in [1.82, 2.24) is 4.57 Å². The fraction of sp³-hybridized carbons (Fsp3) is 0.143. The number of nitriles is 1. The van der Waals surface area contributed by atoms with Gasteiger partial charge in [-0.1, -0.05) is 65.9 Å². The normalized spacial score (nSPS) is 14.6. The van der Waals surface area contributed by atoms with Gasteiger partial charge in [-0.3, -0.25) is 14.2 Å². The van der Waals surface area contributed by atoms with Crippen molar-refractivity contribution in [3.05, 3.63) is 137 Å². The first-order chi connectivity index (χ1) is 21.3. The summed E-state index contributed by atoms with van der Waals surface area (Å²) in [6.45, 7) is 3.56. The van der Waals surface area contributed by atoms with E-state index in [0.717, 1.165) is 27.5 Å². The monoisotopic (exact) mass is 663 g/mol. The van der Waals surface area contributed by atoms with Crippen LogP contribution in [0.15, 0.2) is 104 Å². The number of fused-ring (bicyclic) bond motifs is 2. The van der Waals surface area contributed by atoms with Gasteiger partial charge < -0.3 is 9.47 Å². The lowest BCUT2D eigenvalue weighted by molar-refractivity contribution is -0.114. The average Bonchev–Trinajstić information content (AvgIpc) is 3.33. The second kappa shape index (κ2) is 12.1. The molecular formula is C35H26BrN3O4S. The molecule has 5 aromatic rings. The number of hydrogen-bond acceptors (Lipinski definition) is 7. The van der Waals surface area contributed by atoms with E-state index < -0.39 is 6.04 Å². The summed E-state index contributed by atoms with van der Waals surface area (Å²) in [5, 5.41) is 11.2. The SMILES string of the molecule is COc1ccc2ccccc2c1[C@@H]1C(C(C)=O)=C(C)N=c2sc(=Cc3ccc(OCc4ccccc4C#N)c(Br)c3)c(=O)n21. The van der Waals surface area contributed by atoms with Crippen molar-refractivity contribution in [3.8, 4) is 17.6 Å². The molecule has 0 bridgehead atoms. The Morgan fingerprint density at radius 2 is 1.84 bits per heavy atom. The molecule has 0 saturated carbocycles. The molecule has 1 atom stereocenters. The van der Waals surface area contributed by atoms with Crippen LogP contribution >= 0.6 is 27.3 Å². The number of ketones is 1. The van der Waals surface area contributed by atoms with Crippen LogP contribution in [-0.4, -0.2) is 17.5 Å². The minimum atomic E-state index is -0.703. The van der Waals surface area contributed by atoms with E-state index in [0.29, 0.717) is 42.1 Å². The third-order valence-corrected chi connectivity index (χ3v) is 9.20. The summed E-state index contributed by atoms with van der Waals surface area (Å²) in [6, 6.07) is 26.1.